The number of fused-ring (bicyclic) bond motifs is 1. The van der Waals surface area contributed by atoms with Crippen molar-refractivity contribution in [3.05, 3.63) is 59.4 Å². The summed E-state index contributed by atoms with van der Waals surface area (Å²) in [5.41, 5.74) is 3.33. The van der Waals surface area contributed by atoms with E-state index in [0.29, 0.717) is 16.8 Å². The molecular formula is C22H22N2O4. The minimum absolute atomic E-state index is 0.275. The van der Waals surface area contributed by atoms with Gasteiger partial charge in [-0.15, -0.1) is 0 Å². The molecule has 0 atom stereocenters. The first kappa shape index (κ1) is 18.1. The van der Waals surface area contributed by atoms with Crippen molar-refractivity contribution < 1.29 is 18.7 Å². The lowest BCUT2D eigenvalue weighted by molar-refractivity contribution is 0.0600. The molecule has 4 rings (SSSR count). The average Bonchev–Trinajstić information content (AvgIpc) is 3.36. The van der Waals surface area contributed by atoms with Crippen molar-refractivity contribution in [2.24, 2.45) is 0 Å². The molecule has 1 fully saturated rings. The van der Waals surface area contributed by atoms with Gasteiger partial charge in [-0.2, -0.15) is 0 Å². The van der Waals surface area contributed by atoms with Crippen LogP contribution in [0.5, 0.6) is 0 Å². The van der Waals surface area contributed by atoms with Gasteiger partial charge in [-0.25, -0.2) is 4.79 Å². The molecular weight excluding hydrogens is 356 g/mol. The number of methoxy groups -OCH3 is 1. The molecule has 0 bridgehead atoms. The van der Waals surface area contributed by atoms with Crippen molar-refractivity contribution in [2.75, 3.05) is 30.4 Å². The Hall–Kier alpha value is -3.28. The first-order valence-electron chi connectivity index (χ1n) is 9.35. The summed E-state index contributed by atoms with van der Waals surface area (Å²) >= 11 is 0. The maximum absolute atomic E-state index is 13.0. The third-order valence-corrected chi connectivity index (χ3v) is 5.16. The summed E-state index contributed by atoms with van der Waals surface area (Å²) in [4.78, 5) is 27.2. The molecule has 3 aromatic rings. The number of nitrogens with one attached hydrogen (secondary N) is 1. The minimum atomic E-state index is -0.441. The molecule has 2 heterocycles. The Balaban J connectivity index is 1.71. The van der Waals surface area contributed by atoms with Crippen LogP contribution in [0.4, 0.5) is 11.4 Å². The summed E-state index contributed by atoms with van der Waals surface area (Å²) in [7, 11) is 1.34. The third kappa shape index (κ3) is 3.22. The fraction of sp³-hybridized carbons (Fsp3) is 0.273. The summed E-state index contributed by atoms with van der Waals surface area (Å²) in [6.07, 6.45) is 2.21. The predicted octanol–water partition coefficient (Wildman–Crippen LogP) is 4.38. The molecule has 1 aromatic heterocycles. The first-order valence-corrected chi connectivity index (χ1v) is 9.35. The van der Waals surface area contributed by atoms with Crippen LogP contribution in [0.3, 0.4) is 0 Å². The van der Waals surface area contributed by atoms with Gasteiger partial charge in [0.25, 0.3) is 5.91 Å². The summed E-state index contributed by atoms with van der Waals surface area (Å²) in [5.74, 6) is -0.503. The van der Waals surface area contributed by atoms with E-state index in [1.807, 2.05) is 37.3 Å². The molecule has 6 nitrogen and oxygen atoms in total. The largest absolute Gasteiger partial charge is 0.465 e. The van der Waals surface area contributed by atoms with E-state index >= 15 is 0 Å². The molecule has 28 heavy (non-hydrogen) atoms. The van der Waals surface area contributed by atoms with Crippen LogP contribution in [0.25, 0.3) is 11.0 Å². The standard InChI is InChI=1S/C22H22N2O4/c1-14-16-7-3-4-8-19(16)28-20(14)21(25)23-17-13-15(22(26)27-2)9-10-18(17)24-11-5-6-12-24/h3-4,7-10,13H,5-6,11-12H2,1-2H3,(H,23,25). The number of furan rings is 1. The number of amides is 1. The van der Waals surface area contributed by atoms with Gasteiger partial charge in [0.05, 0.1) is 24.0 Å². The van der Waals surface area contributed by atoms with Gasteiger partial charge in [-0.1, -0.05) is 18.2 Å². The van der Waals surface area contributed by atoms with E-state index in [0.717, 1.165) is 42.6 Å². The number of rotatable bonds is 4. The molecule has 0 radical (unpaired) electrons. The van der Waals surface area contributed by atoms with E-state index < -0.39 is 5.97 Å². The maximum atomic E-state index is 13.0. The van der Waals surface area contributed by atoms with Gasteiger partial charge in [0.1, 0.15) is 5.58 Å². The van der Waals surface area contributed by atoms with Crippen LogP contribution >= 0.6 is 0 Å². The highest BCUT2D eigenvalue weighted by molar-refractivity contribution is 6.08. The van der Waals surface area contributed by atoms with Crippen LogP contribution in [0.15, 0.2) is 46.9 Å². The minimum Gasteiger partial charge on any atom is -0.465 e. The second kappa shape index (κ2) is 7.38. The van der Waals surface area contributed by atoms with Gasteiger partial charge < -0.3 is 19.4 Å². The Morgan fingerprint density at radius 2 is 1.86 bits per heavy atom. The van der Waals surface area contributed by atoms with Gasteiger partial charge in [-0.05, 0) is 44.0 Å². The lowest BCUT2D eigenvalue weighted by Crippen LogP contribution is -2.21. The van der Waals surface area contributed by atoms with Crippen LogP contribution in [0, 0.1) is 6.92 Å². The number of benzene rings is 2. The van der Waals surface area contributed by atoms with Crippen molar-refractivity contribution in [3.8, 4) is 0 Å². The highest BCUT2D eigenvalue weighted by Gasteiger charge is 2.22. The first-order chi connectivity index (χ1) is 13.6. The molecule has 0 spiro atoms. The van der Waals surface area contributed by atoms with E-state index in [1.165, 1.54) is 7.11 Å². The van der Waals surface area contributed by atoms with E-state index in [2.05, 4.69) is 10.2 Å². The molecule has 1 aliphatic heterocycles. The van der Waals surface area contributed by atoms with Crippen LogP contribution in [0.2, 0.25) is 0 Å². The van der Waals surface area contributed by atoms with Crippen molar-refractivity contribution in [1.29, 1.82) is 0 Å². The molecule has 144 valence electrons. The zero-order valence-corrected chi connectivity index (χ0v) is 16.0. The Bertz CT molecular complexity index is 1050. The number of para-hydroxylation sites is 1. The second-order valence-electron chi connectivity index (χ2n) is 6.92. The second-order valence-corrected chi connectivity index (χ2v) is 6.92. The van der Waals surface area contributed by atoms with Crippen molar-refractivity contribution >= 4 is 34.2 Å². The van der Waals surface area contributed by atoms with Crippen LogP contribution in [-0.2, 0) is 4.74 Å². The number of esters is 1. The Kier molecular flexibility index (Phi) is 4.77. The van der Waals surface area contributed by atoms with Crippen molar-refractivity contribution in [2.45, 2.75) is 19.8 Å². The summed E-state index contributed by atoms with van der Waals surface area (Å²) < 4.78 is 10.6. The van der Waals surface area contributed by atoms with Crippen molar-refractivity contribution in [1.82, 2.24) is 0 Å². The number of nitrogens with zero attached hydrogens (tertiary/aromatic N) is 1. The number of hydrogen-bond donors (Lipinski definition) is 1. The number of anilines is 2. The number of carbonyl (C=O) groups excluding carboxylic acids is 2. The lowest BCUT2D eigenvalue weighted by Gasteiger charge is -2.22. The topological polar surface area (TPSA) is 71.8 Å². The van der Waals surface area contributed by atoms with Crippen molar-refractivity contribution in [3.63, 3.8) is 0 Å². The van der Waals surface area contributed by atoms with Crippen LogP contribution in [-0.4, -0.2) is 32.1 Å². The smallest absolute Gasteiger partial charge is 0.337 e. The molecule has 1 amide bonds. The van der Waals surface area contributed by atoms with E-state index in [4.69, 9.17) is 9.15 Å². The number of carbonyl (C=O) groups is 2. The van der Waals surface area contributed by atoms with Crippen LogP contribution < -0.4 is 10.2 Å². The zero-order chi connectivity index (χ0) is 19.7. The fourth-order valence-electron chi connectivity index (χ4n) is 3.68. The Morgan fingerprint density at radius 1 is 1.11 bits per heavy atom. The van der Waals surface area contributed by atoms with Gasteiger partial charge in [-0.3, -0.25) is 4.79 Å². The maximum Gasteiger partial charge on any atom is 0.337 e. The molecule has 0 saturated carbocycles. The number of aryl methyl sites for hydroxylation is 1. The van der Waals surface area contributed by atoms with E-state index in [1.54, 1.807) is 12.1 Å². The summed E-state index contributed by atoms with van der Waals surface area (Å²) in [6, 6.07) is 12.8. The van der Waals surface area contributed by atoms with Gasteiger partial charge in [0, 0.05) is 24.0 Å². The average molecular weight is 378 g/mol. The molecule has 0 unspecified atom stereocenters. The highest BCUT2D eigenvalue weighted by Crippen LogP contribution is 2.32. The molecule has 1 saturated heterocycles. The van der Waals surface area contributed by atoms with E-state index in [9.17, 15) is 9.59 Å². The predicted molar refractivity (Wildman–Crippen MR) is 108 cm³/mol. The highest BCUT2D eigenvalue weighted by atomic mass is 16.5. The third-order valence-electron chi connectivity index (χ3n) is 5.16. The fourth-order valence-corrected chi connectivity index (χ4v) is 3.68. The summed E-state index contributed by atoms with van der Waals surface area (Å²) in [5, 5.41) is 3.86. The zero-order valence-electron chi connectivity index (χ0n) is 16.0. The SMILES string of the molecule is COC(=O)c1ccc(N2CCCC2)c(NC(=O)c2oc3ccccc3c2C)c1. The number of hydrogen-bond acceptors (Lipinski definition) is 5. The normalized spacial score (nSPS) is 13.7. The summed E-state index contributed by atoms with van der Waals surface area (Å²) in [6.45, 7) is 3.71. The lowest BCUT2D eigenvalue weighted by atomic mass is 10.1. The monoisotopic (exact) mass is 378 g/mol. The van der Waals surface area contributed by atoms with Crippen LogP contribution in [0.1, 0.15) is 39.3 Å². The Labute approximate surface area is 163 Å². The van der Waals surface area contributed by atoms with Gasteiger partial charge in [0.15, 0.2) is 5.76 Å². The molecule has 6 heteroatoms. The molecule has 1 N–H and O–H groups in total. The van der Waals surface area contributed by atoms with Gasteiger partial charge in [0.2, 0.25) is 0 Å². The van der Waals surface area contributed by atoms with E-state index in [-0.39, 0.29) is 11.7 Å². The molecule has 1 aliphatic rings. The quantitative estimate of drug-likeness (QED) is 0.682. The molecule has 0 aliphatic carbocycles. The molecule has 2 aromatic carbocycles. The Morgan fingerprint density at radius 3 is 2.57 bits per heavy atom. The van der Waals surface area contributed by atoms with Gasteiger partial charge >= 0.3 is 5.97 Å². The number of ether oxygens (including phenoxy) is 1.